The van der Waals surface area contributed by atoms with Gasteiger partial charge in [-0.2, -0.15) is 0 Å². The van der Waals surface area contributed by atoms with Gasteiger partial charge in [0.1, 0.15) is 5.75 Å². The van der Waals surface area contributed by atoms with Gasteiger partial charge < -0.3 is 10.5 Å². The van der Waals surface area contributed by atoms with Crippen molar-refractivity contribution in [3.63, 3.8) is 0 Å². The third-order valence-corrected chi connectivity index (χ3v) is 3.62. The first-order chi connectivity index (χ1) is 10.2. The molecule has 3 rings (SSSR count). The summed E-state index contributed by atoms with van der Waals surface area (Å²) in [6.07, 6.45) is 3.91. The summed E-state index contributed by atoms with van der Waals surface area (Å²) >= 11 is 0. The first-order valence-electron chi connectivity index (χ1n) is 7.35. The maximum absolute atomic E-state index is 12.2. The van der Waals surface area contributed by atoms with Gasteiger partial charge in [-0.15, -0.1) is 0 Å². The van der Waals surface area contributed by atoms with E-state index in [1.807, 2.05) is 48.5 Å². The lowest BCUT2D eigenvalue weighted by molar-refractivity contribution is 0.0983. The van der Waals surface area contributed by atoms with E-state index in [9.17, 15) is 4.79 Å². The normalized spacial score (nSPS) is 13.9. The lowest BCUT2D eigenvalue weighted by Crippen LogP contribution is -2.02. The topological polar surface area (TPSA) is 52.3 Å². The largest absolute Gasteiger partial charge is 0.490 e. The molecule has 2 aromatic rings. The zero-order chi connectivity index (χ0) is 14.7. The highest BCUT2D eigenvalue weighted by Crippen LogP contribution is 2.26. The minimum Gasteiger partial charge on any atom is -0.490 e. The number of nitrogen functional groups attached to an aromatic ring is 1. The minimum atomic E-state index is 0.157. The highest BCUT2D eigenvalue weighted by Gasteiger charge is 2.23. The van der Waals surface area contributed by atoms with Gasteiger partial charge >= 0.3 is 0 Å². The Hall–Kier alpha value is -2.29. The Balaban J connectivity index is 1.55. The molecule has 1 fully saturated rings. The van der Waals surface area contributed by atoms with Gasteiger partial charge in [-0.1, -0.05) is 12.1 Å². The number of hydrogen-bond acceptors (Lipinski definition) is 3. The number of ether oxygens (including phenoxy) is 1. The van der Waals surface area contributed by atoms with Crippen molar-refractivity contribution in [2.45, 2.75) is 31.8 Å². The second kappa shape index (κ2) is 6.00. The average molecular weight is 281 g/mol. The first-order valence-corrected chi connectivity index (χ1v) is 7.35. The van der Waals surface area contributed by atoms with Crippen molar-refractivity contribution in [3.8, 4) is 5.75 Å². The highest BCUT2D eigenvalue weighted by molar-refractivity contribution is 5.96. The summed E-state index contributed by atoms with van der Waals surface area (Å²) in [6, 6.07) is 15.1. The molecule has 21 heavy (non-hydrogen) atoms. The molecule has 2 aromatic carbocycles. The number of benzene rings is 2. The zero-order valence-corrected chi connectivity index (χ0v) is 11.9. The summed E-state index contributed by atoms with van der Waals surface area (Å²) < 4.78 is 5.68. The van der Waals surface area contributed by atoms with Crippen LogP contribution in [0.1, 0.15) is 35.2 Å². The van der Waals surface area contributed by atoms with Crippen molar-refractivity contribution in [2.24, 2.45) is 0 Å². The van der Waals surface area contributed by atoms with Crippen LogP contribution in [0.5, 0.6) is 5.75 Å². The van der Waals surface area contributed by atoms with Crippen LogP contribution in [0.15, 0.2) is 48.5 Å². The van der Waals surface area contributed by atoms with Gasteiger partial charge in [-0.3, -0.25) is 4.79 Å². The molecule has 0 atom stereocenters. The molecule has 3 nitrogen and oxygen atoms in total. The molecule has 0 saturated heterocycles. The number of anilines is 1. The number of Topliss-reactive ketones (excluding diaryl/α,β-unsaturated/α-hetero) is 1. The molecule has 0 unspecified atom stereocenters. The smallest absolute Gasteiger partial charge is 0.163 e. The lowest BCUT2D eigenvalue weighted by atomic mass is 10.0. The summed E-state index contributed by atoms with van der Waals surface area (Å²) in [5.74, 6) is 1.01. The van der Waals surface area contributed by atoms with Crippen molar-refractivity contribution in [2.75, 3.05) is 5.73 Å². The van der Waals surface area contributed by atoms with E-state index in [-0.39, 0.29) is 5.78 Å². The average Bonchev–Trinajstić information content (AvgIpc) is 3.31. The van der Waals surface area contributed by atoms with E-state index in [0.29, 0.717) is 12.5 Å². The molecule has 0 aromatic heterocycles. The summed E-state index contributed by atoms with van der Waals surface area (Å²) in [5, 5.41) is 0. The molecular weight excluding hydrogens is 262 g/mol. The van der Waals surface area contributed by atoms with Gasteiger partial charge in [0, 0.05) is 17.7 Å². The molecule has 0 aliphatic heterocycles. The molecule has 0 spiro atoms. The fourth-order valence-electron chi connectivity index (χ4n) is 2.18. The summed E-state index contributed by atoms with van der Waals surface area (Å²) in [4.78, 5) is 12.2. The van der Waals surface area contributed by atoms with Crippen molar-refractivity contribution in [3.05, 3.63) is 59.7 Å². The van der Waals surface area contributed by atoms with Gasteiger partial charge in [-0.25, -0.2) is 0 Å². The van der Waals surface area contributed by atoms with Gasteiger partial charge in [0.15, 0.2) is 5.78 Å². The van der Waals surface area contributed by atoms with E-state index in [1.54, 1.807) is 0 Å². The number of carbonyl (C=O) groups is 1. The van der Waals surface area contributed by atoms with Crippen LogP contribution in [0.25, 0.3) is 0 Å². The molecule has 0 radical (unpaired) electrons. The van der Waals surface area contributed by atoms with E-state index < -0.39 is 0 Å². The molecular formula is C18H19NO2. The summed E-state index contributed by atoms with van der Waals surface area (Å²) in [5.41, 5.74) is 8.27. The predicted octanol–water partition coefficient (Wildman–Crippen LogP) is 3.63. The third kappa shape index (κ3) is 3.85. The fraction of sp³-hybridized carbons (Fsp3) is 0.278. The van der Waals surface area contributed by atoms with E-state index in [0.717, 1.165) is 41.8 Å². The van der Waals surface area contributed by atoms with E-state index in [4.69, 9.17) is 10.5 Å². The van der Waals surface area contributed by atoms with Crippen LogP contribution in [0.3, 0.4) is 0 Å². The molecule has 1 saturated carbocycles. The quantitative estimate of drug-likeness (QED) is 0.650. The third-order valence-electron chi connectivity index (χ3n) is 3.62. The highest BCUT2D eigenvalue weighted by atomic mass is 16.5. The lowest BCUT2D eigenvalue weighted by Gasteiger charge is -2.06. The maximum atomic E-state index is 12.2. The van der Waals surface area contributed by atoms with Crippen LogP contribution in [0.2, 0.25) is 0 Å². The Bertz CT molecular complexity index is 613. The fourth-order valence-corrected chi connectivity index (χ4v) is 2.18. The second-order valence-electron chi connectivity index (χ2n) is 5.51. The van der Waals surface area contributed by atoms with Gasteiger partial charge in [0.05, 0.1) is 6.10 Å². The number of rotatable bonds is 6. The van der Waals surface area contributed by atoms with Crippen LogP contribution in [0.4, 0.5) is 5.69 Å². The Morgan fingerprint density at radius 1 is 1.05 bits per heavy atom. The monoisotopic (exact) mass is 281 g/mol. The minimum absolute atomic E-state index is 0.157. The number of carbonyl (C=O) groups excluding carboxylic acids is 1. The molecule has 2 N–H and O–H groups in total. The van der Waals surface area contributed by atoms with E-state index >= 15 is 0 Å². The molecule has 1 aliphatic rings. The van der Waals surface area contributed by atoms with Gasteiger partial charge in [0.25, 0.3) is 0 Å². The standard InChI is InChI=1S/C18H19NO2/c19-15-6-1-13(2-7-15)3-12-18(20)14-4-8-16(9-5-14)21-17-10-11-17/h1-2,4-9,17H,3,10-12,19H2. The summed E-state index contributed by atoms with van der Waals surface area (Å²) in [7, 11) is 0. The number of nitrogens with two attached hydrogens (primary N) is 1. The van der Waals surface area contributed by atoms with Gasteiger partial charge in [-0.05, 0) is 61.2 Å². The first kappa shape index (κ1) is 13.7. The van der Waals surface area contributed by atoms with Gasteiger partial charge in [0.2, 0.25) is 0 Å². The van der Waals surface area contributed by atoms with Crippen LogP contribution in [0, 0.1) is 0 Å². The van der Waals surface area contributed by atoms with Crippen LogP contribution >= 0.6 is 0 Å². The maximum Gasteiger partial charge on any atom is 0.163 e. The van der Waals surface area contributed by atoms with Crippen molar-refractivity contribution in [1.29, 1.82) is 0 Å². The molecule has 0 bridgehead atoms. The Morgan fingerprint density at radius 2 is 1.71 bits per heavy atom. The predicted molar refractivity (Wildman–Crippen MR) is 83.6 cm³/mol. The Morgan fingerprint density at radius 3 is 2.33 bits per heavy atom. The summed E-state index contributed by atoms with van der Waals surface area (Å²) in [6.45, 7) is 0. The van der Waals surface area contributed by atoms with Crippen molar-refractivity contribution >= 4 is 11.5 Å². The van der Waals surface area contributed by atoms with Crippen molar-refractivity contribution < 1.29 is 9.53 Å². The number of aryl methyl sites for hydroxylation is 1. The van der Waals surface area contributed by atoms with Crippen LogP contribution in [-0.4, -0.2) is 11.9 Å². The second-order valence-corrected chi connectivity index (χ2v) is 5.51. The Kier molecular flexibility index (Phi) is 3.91. The molecule has 108 valence electrons. The molecule has 0 amide bonds. The van der Waals surface area contributed by atoms with Crippen molar-refractivity contribution in [1.82, 2.24) is 0 Å². The zero-order valence-electron chi connectivity index (χ0n) is 11.9. The van der Waals surface area contributed by atoms with Crippen LogP contribution < -0.4 is 10.5 Å². The SMILES string of the molecule is Nc1ccc(CCC(=O)c2ccc(OC3CC3)cc2)cc1. The molecule has 3 heteroatoms. The molecule has 0 heterocycles. The Labute approximate surface area is 124 Å². The van der Waals surface area contributed by atoms with E-state index in [2.05, 4.69) is 0 Å². The van der Waals surface area contributed by atoms with Crippen LogP contribution in [-0.2, 0) is 6.42 Å². The molecule has 1 aliphatic carbocycles. The number of ketones is 1. The number of hydrogen-bond donors (Lipinski definition) is 1. The van der Waals surface area contributed by atoms with E-state index in [1.165, 1.54) is 0 Å².